The molecule has 0 spiro atoms. The predicted octanol–water partition coefficient (Wildman–Crippen LogP) is 3.66. The van der Waals surface area contributed by atoms with Crippen LogP contribution in [0.15, 0.2) is 41.3 Å². The van der Waals surface area contributed by atoms with Crippen molar-refractivity contribution in [3.8, 4) is 11.5 Å². The number of hydrogen-bond acceptors (Lipinski definition) is 6. The van der Waals surface area contributed by atoms with Gasteiger partial charge in [0.1, 0.15) is 18.2 Å². The average molecular weight is 434 g/mol. The molecule has 156 valence electrons. The van der Waals surface area contributed by atoms with Crippen molar-refractivity contribution in [3.63, 3.8) is 0 Å². The highest BCUT2D eigenvalue weighted by atomic mass is 32.2. The second-order valence-corrected chi connectivity index (χ2v) is 7.05. The van der Waals surface area contributed by atoms with Crippen LogP contribution in [-0.4, -0.2) is 42.7 Å². The molecule has 0 aliphatic carbocycles. The number of carbonyl (C=O) groups excluding carboxylic acids is 3. The molecule has 0 unspecified atom stereocenters. The third kappa shape index (κ3) is 4.60. The molecule has 0 saturated carbocycles. The zero-order valence-corrected chi connectivity index (χ0v) is 16.7. The summed E-state index contributed by atoms with van der Waals surface area (Å²) in [7, 11) is 2.96. The van der Waals surface area contributed by atoms with Crippen molar-refractivity contribution in [2.24, 2.45) is 0 Å². The van der Waals surface area contributed by atoms with Gasteiger partial charge in [0.05, 0.1) is 24.8 Å². The van der Waals surface area contributed by atoms with Crippen LogP contribution < -0.4 is 14.8 Å². The second kappa shape index (κ2) is 8.95. The first-order valence-electron chi connectivity index (χ1n) is 8.54. The van der Waals surface area contributed by atoms with Crippen molar-refractivity contribution in [2.75, 3.05) is 26.1 Å². The van der Waals surface area contributed by atoms with Crippen LogP contribution in [0, 0.1) is 11.6 Å². The van der Waals surface area contributed by atoms with Crippen LogP contribution in [0.3, 0.4) is 0 Å². The third-order valence-corrected chi connectivity index (χ3v) is 4.99. The number of nitrogens with one attached hydrogen (secondary N) is 1. The van der Waals surface area contributed by atoms with Crippen molar-refractivity contribution in [3.05, 3.63) is 58.5 Å². The first-order valence-corrected chi connectivity index (χ1v) is 9.36. The van der Waals surface area contributed by atoms with E-state index in [1.165, 1.54) is 20.3 Å². The molecule has 10 heteroatoms. The minimum absolute atomic E-state index is 0.119. The standard InChI is InChI=1S/C20H16F2N2O5S/c1-28-15-6-3-11(7-16(15)29-2)8-17-19(26)24(20(27)30-17)10-18(25)23-14-5-4-12(21)9-13(14)22/h3-9H,10H2,1-2H3,(H,23,25). The van der Waals surface area contributed by atoms with E-state index in [9.17, 15) is 23.2 Å². The smallest absolute Gasteiger partial charge is 0.294 e. The summed E-state index contributed by atoms with van der Waals surface area (Å²) in [5.74, 6) is -2.26. The molecule has 1 heterocycles. The van der Waals surface area contributed by atoms with E-state index in [1.807, 2.05) is 0 Å². The summed E-state index contributed by atoms with van der Waals surface area (Å²) in [6.45, 7) is -0.606. The Kier molecular flexibility index (Phi) is 6.36. The van der Waals surface area contributed by atoms with E-state index in [2.05, 4.69) is 5.32 Å². The Morgan fingerprint density at radius 2 is 1.83 bits per heavy atom. The quantitative estimate of drug-likeness (QED) is 0.699. The predicted molar refractivity (Wildman–Crippen MR) is 107 cm³/mol. The maximum atomic E-state index is 13.7. The van der Waals surface area contributed by atoms with Crippen LogP contribution in [0.1, 0.15) is 5.56 Å². The topological polar surface area (TPSA) is 84.9 Å². The van der Waals surface area contributed by atoms with Crippen molar-refractivity contribution in [1.29, 1.82) is 0 Å². The molecule has 1 saturated heterocycles. The van der Waals surface area contributed by atoms with E-state index < -0.39 is 35.2 Å². The van der Waals surface area contributed by atoms with Crippen LogP contribution in [0.5, 0.6) is 11.5 Å². The minimum Gasteiger partial charge on any atom is -0.493 e. The number of halogens is 2. The zero-order chi connectivity index (χ0) is 21.8. The molecule has 0 atom stereocenters. The number of amides is 3. The Hall–Kier alpha value is -3.40. The molecular weight excluding hydrogens is 418 g/mol. The molecule has 0 radical (unpaired) electrons. The molecule has 3 rings (SSSR count). The summed E-state index contributed by atoms with van der Waals surface area (Å²) >= 11 is 0.676. The number of benzene rings is 2. The lowest BCUT2D eigenvalue weighted by molar-refractivity contribution is -0.127. The van der Waals surface area contributed by atoms with Crippen LogP contribution in [0.4, 0.5) is 19.3 Å². The van der Waals surface area contributed by atoms with Gasteiger partial charge in [0, 0.05) is 6.07 Å². The fourth-order valence-electron chi connectivity index (χ4n) is 2.65. The van der Waals surface area contributed by atoms with Gasteiger partial charge in [0.15, 0.2) is 11.5 Å². The fraction of sp³-hybridized carbons (Fsp3) is 0.150. The molecule has 2 aromatic carbocycles. The molecule has 30 heavy (non-hydrogen) atoms. The van der Waals surface area contributed by atoms with Gasteiger partial charge >= 0.3 is 0 Å². The number of nitrogens with zero attached hydrogens (tertiary/aromatic N) is 1. The molecule has 1 aliphatic heterocycles. The maximum Gasteiger partial charge on any atom is 0.294 e. The number of anilines is 1. The van der Waals surface area contributed by atoms with Gasteiger partial charge in [-0.3, -0.25) is 19.3 Å². The number of thioether (sulfide) groups is 1. The zero-order valence-electron chi connectivity index (χ0n) is 15.9. The van der Waals surface area contributed by atoms with Gasteiger partial charge < -0.3 is 14.8 Å². The maximum absolute atomic E-state index is 13.7. The Labute approximate surface area is 174 Å². The summed E-state index contributed by atoms with van der Waals surface area (Å²) in [5.41, 5.74) is 0.338. The number of methoxy groups -OCH3 is 2. The number of imide groups is 1. The van der Waals surface area contributed by atoms with E-state index >= 15 is 0 Å². The number of carbonyl (C=O) groups is 3. The van der Waals surface area contributed by atoms with Gasteiger partial charge in [0.2, 0.25) is 5.91 Å². The van der Waals surface area contributed by atoms with E-state index in [0.29, 0.717) is 34.9 Å². The molecular formula is C20H16F2N2O5S. The lowest BCUT2D eigenvalue weighted by atomic mass is 10.2. The highest BCUT2D eigenvalue weighted by molar-refractivity contribution is 8.18. The average Bonchev–Trinajstić information content (AvgIpc) is 2.97. The monoisotopic (exact) mass is 434 g/mol. The van der Waals surface area contributed by atoms with Gasteiger partial charge in [-0.2, -0.15) is 0 Å². The van der Waals surface area contributed by atoms with E-state index in [4.69, 9.17) is 9.47 Å². The van der Waals surface area contributed by atoms with Crippen LogP contribution in [-0.2, 0) is 9.59 Å². The van der Waals surface area contributed by atoms with E-state index in [1.54, 1.807) is 18.2 Å². The summed E-state index contributed by atoms with van der Waals surface area (Å²) < 4.78 is 37.0. The summed E-state index contributed by atoms with van der Waals surface area (Å²) in [4.78, 5) is 37.7. The third-order valence-electron chi connectivity index (χ3n) is 4.09. The SMILES string of the molecule is COc1ccc(C=C2SC(=O)N(CC(=O)Nc3ccc(F)cc3F)C2=O)cc1OC. The Bertz CT molecular complexity index is 1060. The normalized spacial score (nSPS) is 14.9. The van der Waals surface area contributed by atoms with Crippen LogP contribution in [0.25, 0.3) is 6.08 Å². The Morgan fingerprint density at radius 1 is 1.10 bits per heavy atom. The lowest BCUT2D eigenvalue weighted by Gasteiger charge is -2.12. The largest absolute Gasteiger partial charge is 0.493 e. The summed E-state index contributed by atoms with van der Waals surface area (Å²) in [6, 6.07) is 7.61. The molecule has 0 bridgehead atoms. The molecule has 7 nitrogen and oxygen atoms in total. The molecule has 2 aromatic rings. The number of ether oxygens (including phenoxy) is 2. The highest BCUT2D eigenvalue weighted by Gasteiger charge is 2.36. The van der Waals surface area contributed by atoms with Crippen molar-refractivity contribution in [2.45, 2.75) is 0 Å². The van der Waals surface area contributed by atoms with Crippen molar-refractivity contribution >= 4 is 40.6 Å². The van der Waals surface area contributed by atoms with Gasteiger partial charge in [-0.15, -0.1) is 0 Å². The Morgan fingerprint density at radius 3 is 2.50 bits per heavy atom. The first-order chi connectivity index (χ1) is 14.3. The molecule has 1 aliphatic rings. The van der Waals surface area contributed by atoms with E-state index in [0.717, 1.165) is 17.0 Å². The van der Waals surface area contributed by atoms with Crippen LogP contribution >= 0.6 is 11.8 Å². The van der Waals surface area contributed by atoms with Gasteiger partial charge in [-0.25, -0.2) is 8.78 Å². The second-order valence-electron chi connectivity index (χ2n) is 6.05. The first kappa shape index (κ1) is 21.3. The number of rotatable bonds is 6. The van der Waals surface area contributed by atoms with Crippen LogP contribution in [0.2, 0.25) is 0 Å². The molecule has 0 aromatic heterocycles. The van der Waals surface area contributed by atoms with Crippen molar-refractivity contribution in [1.82, 2.24) is 4.90 Å². The summed E-state index contributed by atoms with van der Waals surface area (Å²) in [5, 5.41) is 1.57. The Balaban J connectivity index is 1.73. The van der Waals surface area contributed by atoms with Gasteiger partial charge in [0.25, 0.3) is 11.1 Å². The molecule has 3 amide bonds. The minimum atomic E-state index is -0.967. The highest BCUT2D eigenvalue weighted by Crippen LogP contribution is 2.34. The molecule has 1 fully saturated rings. The van der Waals surface area contributed by atoms with Gasteiger partial charge in [-0.05, 0) is 47.7 Å². The fourth-order valence-corrected chi connectivity index (χ4v) is 3.49. The molecule has 1 N–H and O–H groups in total. The van der Waals surface area contributed by atoms with Crippen molar-refractivity contribution < 1.29 is 32.6 Å². The lowest BCUT2D eigenvalue weighted by Crippen LogP contribution is -2.36. The van der Waals surface area contributed by atoms with Gasteiger partial charge in [-0.1, -0.05) is 6.07 Å². The van der Waals surface area contributed by atoms with E-state index in [-0.39, 0.29) is 10.6 Å². The summed E-state index contributed by atoms with van der Waals surface area (Å²) in [6.07, 6.45) is 1.49. The number of hydrogen-bond donors (Lipinski definition) is 1.